The van der Waals surface area contributed by atoms with E-state index in [0.717, 1.165) is 40.6 Å². The number of rotatable bonds is 2. The molecule has 0 aliphatic heterocycles. The molecule has 1 aliphatic carbocycles. The summed E-state index contributed by atoms with van der Waals surface area (Å²) in [6, 6.07) is 3.83. The topological polar surface area (TPSA) is 59.9 Å². The number of fused-ring (bicyclic) bond motifs is 1. The van der Waals surface area contributed by atoms with Crippen LogP contribution in [-0.2, 0) is 16.0 Å². The number of anilines is 1. The molecule has 0 spiro atoms. The summed E-state index contributed by atoms with van der Waals surface area (Å²) in [6.07, 6.45) is 2.39. The molecule has 120 valence electrons. The molecule has 0 atom stereocenters. The molecule has 0 radical (unpaired) electrons. The van der Waals surface area contributed by atoms with Crippen molar-refractivity contribution in [2.45, 2.75) is 45.6 Å². The number of aryl methyl sites for hydroxylation is 1. The average molecular weight is 369 g/mol. The normalized spacial score (nSPS) is 16.1. The Morgan fingerprint density at radius 2 is 2.05 bits per heavy atom. The first-order chi connectivity index (χ1) is 10.3. The van der Waals surface area contributed by atoms with Gasteiger partial charge in [-0.25, -0.2) is 4.79 Å². The standard InChI is InChI=1S/C16H21BrN2O3/c1-16(2,3)22-15(20)18-11-8-10-6-5-7-13(19-21-4)14(10)12(17)9-11/h8-9H,5-7H2,1-4H3,(H,18,20)/b19-13+. The van der Waals surface area contributed by atoms with E-state index in [1.54, 1.807) is 7.11 Å². The maximum atomic E-state index is 11.9. The number of ether oxygens (including phenoxy) is 1. The smallest absolute Gasteiger partial charge is 0.412 e. The second-order valence-electron chi connectivity index (χ2n) is 6.19. The van der Waals surface area contributed by atoms with Gasteiger partial charge in [-0.3, -0.25) is 5.32 Å². The molecule has 22 heavy (non-hydrogen) atoms. The number of oxime groups is 1. The number of nitrogens with one attached hydrogen (secondary N) is 1. The molecule has 0 saturated heterocycles. The van der Waals surface area contributed by atoms with Gasteiger partial charge in [-0.05, 0) is 57.7 Å². The first-order valence-electron chi connectivity index (χ1n) is 7.23. The summed E-state index contributed by atoms with van der Waals surface area (Å²) in [7, 11) is 1.55. The minimum atomic E-state index is -0.520. The Hall–Kier alpha value is -1.56. The second-order valence-corrected chi connectivity index (χ2v) is 7.05. The van der Waals surface area contributed by atoms with Crippen LogP contribution >= 0.6 is 15.9 Å². The van der Waals surface area contributed by atoms with Crippen molar-refractivity contribution in [1.82, 2.24) is 0 Å². The van der Waals surface area contributed by atoms with Gasteiger partial charge in [-0.1, -0.05) is 21.1 Å². The van der Waals surface area contributed by atoms with E-state index < -0.39 is 11.7 Å². The van der Waals surface area contributed by atoms with Crippen molar-refractivity contribution in [3.05, 3.63) is 27.7 Å². The van der Waals surface area contributed by atoms with E-state index in [-0.39, 0.29) is 0 Å². The fourth-order valence-corrected chi connectivity index (χ4v) is 3.18. The monoisotopic (exact) mass is 368 g/mol. The Bertz CT molecular complexity index is 606. The molecule has 6 heteroatoms. The predicted molar refractivity (Wildman–Crippen MR) is 90.5 cm³/mol. The van der Waals surface area contributed by atoms with Gasteiger partial charge in [0.2, 0.25) is 0 Å². The third kappa shape index (κ3) is 4.22. The molecule has 1 aromatic rings. The number of hydrogen-bond donors (Lipinski definition) is 1. The fourth-order valence-electron chi connectivity index (χ4n) is 2.45. The van der Waals surface area contributed by atoms with E-state index in [0.29, 0.717) is 5.69 Å². The molecule has 5 nitrogen and oxygen atoms in total. The minimum absolute atomic E-state index is 0.457. The summed E-state index contributed by atoms with van der Waals surface area (Å²) in [6.45, 7) is 5.51. The number of carbonyl (C=O) groups excluding carboxylic acids is 1. The molecule has 1 N–H and O–H groups in total. The van der Waals surface area contributed by atoms with Crippen molar-refractivity contribution in [2.24, 2.45) is 5.16 Å². The largest absolute Gasteiger partial charge is 0.444 e. The molecule has 0 bridgehead atoms. The Labute approximate surface area is 139 Å². The maximum Gasteiger partial charge on any atom is 0.412 e. The number of nitrogens with zero attached hydrogens (tertiary/aromatic N) is 1. The molecule has 1 aromatic carbocycles. The average Bonchev–Trinajstić information content (AvgIpc) is 2.36. The molecule has 0 unspecified atom stereocenters. The first-order valence-corrected chi connectivity index (χ1v) is 8.02. The number of carbonyl (C=O) groups is 1. The van der Waals surface area contributed by atoms with Crippen LogP contribution in [0.4, 0.5) is 10.5 Å². The van der Waals surface area contributed by atoms with E-state index in [4.69, 9.17) is 9.57 Å². The van der Waals surface area contributed by atoms with Crippen LogP contribution in [0.15, 0.2) is 21.8 Å². The lowest BCUT2D eigenvalue weighted by Gasteiger charge is -2.22. The highest BCUT2D eigenvalue weighted by Gasteiger charge is 2.21. The van der Waals surface area contributed by atoms with Crippen LogP contribution in [0.2, 0.25) is 0 Å². The van der Waals surface area contributed by atoms with Crippen molar-refractivity contribution in [3.8, 4) is 0 Å². The molecular formula is C16H21BrN2O3. The van der Waals surface area contributed by atoms with Crippen molar-refractivity contribution < 1.29 is 14.4 Å². The van der Waals surface area contributed by atoms with Gasteiger partial charge < -0.3 is 9.57 Å². The Morgan fingerprint density at radius 3 is 2.68 bits per heavy atom. The molecule has 0 heterocycles. The van der Waals surface area contributed by atoms with Gasteiger partial charge >= 0.3 is 6.09 Å². The van der Waals surface area contributed by atoms with Gasteiger partial charge in [-0.15, -0.1) is 0 Å². The van der Waals surface area contributed by atoms with Crippen LogP contribution in [0.5, 0.6) is 0 Å². The van der Waals surface area contributed by atoms with Crippen molar-refractivity contribution in [3.63, 3.8) is 0 Å². The molecule has 1 aliphatic rings. The molecule has 0 aromatic heterocycles. The minimum Gasteiger partial charge on any atom is -0.444 e. The summed E-state index contributed by atoms with van der Waals surface area (Å²) >= 11 is 3.57. The number of hydrogen-bond acceptors (Lipinski definition) is 4. The van der Waals surface area contributed by atoms with Gasteiger partial charge in [-0.2, -0.15) is 0 Å². The highest BCUT2D eigenvalue weighted by Crippen LogP contribution is 2.32. The fraction of sp³-hybridized carbons (Fsp3) is 0.500. The number of benzene rings is 1. The predicted octanol–water partition coefficient (Wildman–Crippen LogP) is 4.48. The van der Waals surface area contributed by atoms with Crippen molar-refractivity contribution >= 4 is 33.4 Å². The van der Waals surface area contributed by atoms with E-state index >= 15 is 0 Å². The zero-order chi connectivity index (χ0) is 16.3. The van der Waals surface area contributed by atoms with E-state index in [2.05, 4.69) is 26.4 Å². The highest BCUT2D eigenvalue weighted by atomic mass is 79.9. The second kappa shape index (κ2) is 6.69. The van der Waals surface area contributed by atoms with E-state index in [9.17, 15) is 4.79 Å². The molecule has 0 saturated carbocycles. The molecule has 2 rings (SSSR count). The lowest BCUT2D eigenvalue weighted by atomic mass is 9.90. The van der Waals surface area contributed by atoms with Gasteiger partial charge in [0.15, 0.2) is 0 Å². The van der Waals surface area contributed by atoms with Crippen LogP contribution in [-0.4, -0.2) is 24.5 Å². The Kier molecular flexibility index (Phi) is 5.11. The number of amides is 1. The Morgan fingerprint density at radius 1 is 1.32 bits per heavy atom. The number of halogens is 1. The van der Waals surface area contributed by atoms with Crippen LogP contribution in [0, 0.1) is 0 Å². The van der Waals surface area contributed by atoms with Crippen LogP contribution in [0.1, 0.15) is 44.7 Å². The van der Waals surface area contributed by atoms with E-state index in [1.165, 1.54) is 0 Å². The summed E-state index contributed by atoms with van der Waals surface area (Å²) in [4.78, 5) is 16.8. The summed E-state index contributed by atoms with van der Waals surface area (Å²) < 4.78 is 6.17. The summed E-state index contributed by atoms with van der Waals surface area (Å²) in [5.74, 6) is 0. The lowest BCUT2D eigenvalue weighted by molar-refractivity contribution is 0.0636. The van der Waals surface area contributed by atoms with Crippen LogP contribution in [0.3, 0.4) is 0 Å². The van der Waals surface area contributed by atoms with Crippen LogP contribution in [0.25, 0.3) is 0 Å². The SMILES string of the molecule is CO/N=C1\CCCc2cc(NC(=O)OC(C)(C)C)cc(Br)c21. The third-order valence-corrected chi connectivity index (χ3v) is 3.79. The highest BCUT2D eigenvalue weighted by molar-refractivity contribution is 9.10. The van der Waals surface area contributed by atoms with Crippen molar-refractivity contribution in [1.29, 1.82) is 0 Å². The maximum absolute atomic E-state index is 11.9. The van der Waals surface area contributed by atoms with Gasteiger partial charge in [0.1, 0.15) is 12.7 Å². The Balaban J connectivity index is 2.25. The van der Waals surface area contributed by atoms with Crippen LogP contribution < -0.4 is 5.32 Å². The van der Waals surface area contributed by atoms with Gasteiger partial charge in [0, 0.05) is 15.7 Å². The van der Waals surface area contributed by atoms with E-state index in [1.807, 2.05) is 32.9 Å². The molecular weight excluding hydrogens is 348 g/mol. The zero-order valence-corrected chi connectivity index (χ0v) is 14.9. The summed E-state index contributed by atoms with van der Waals surface area (Å²) in [5.41, 5.74) is 3.32. The molecule has 0 fully saturated rings. The lowest BCUT2D eigenvalue weighted by Crippen LogP contribution is -2.27. The van der Waals surface area contributed by atoms with Crippen molar-refractivity contribution in [2.75, 3.05) is 12.4 Å². The third-order valence-electron chi connectivity index (χ3n) is 3.17. The quantitative estimate of drug-likeness (QED) is 0.782. The van der Waals surface area contributed by atoms with Gasteiger partial charge in [0.25, 0.3) is 0 Å². The summed E-state index contributed by atoms with van der Waals surface area (Å²) in [5, 5.41) is 6.87. The van der Waals surface area contributed by atoms with Gasteiger partial charge in [0.05, 0.1) is 5.71 Å². The zero-order valence-electron chi connectivity index (χ0n) is 13.3. The molecule has 1 amide bonds. The first kappa shape index (κ1) is 16.8.